The SMILES string of the molecule is CC(C)c1cc(C(=O)NCc2cccc3[nH]ncc23)sc1C(=O)NC(CNC(=O)c1cccs1)C(=O)O. The average molecular weight is 540 g/mol. The van der Waals surface area contributed by atoms with E-state index in [0.717, 1.165) is 27.8 Å². The predicted molar refractivity (Wildman–Crippen MR) is 141 cm³/mol. The van der Waals surface area contributed by atoms with E-state index < -0.39 is 23.8 Å². The molecule has 1 aromatic carbocycles. The summed E-state index contributed by atoms with van der Waals surface area (Å²) in [7, 11) is 0. The summed E-state index contributed by atoms with van der Waals surface area (Å²) < 4.78 is 0. The molecule has 0 aliphatic carbocycles. The Labute approximate surface area is 220 Å². The Bertz CT molecular complexity index is 1440. The van der Waals surface area contributed by atoms with Gasteiger partial charge in [-0.25, -0.2) is 4.79 Å². The van der Waals surface area contributed by atoms with E-state index in [9.17, 15) is 24.3 Å². The second kappa shape index (κ2) is 11.4. The fraction of sp³-hybridized carbons (Fsp3) is 0.240. The molecule has 5 N–H and O–H groups in total. The second-order valence-corrected chi connectivity index (χ2v) is 10.5. The molecule has 3 heterocycles. The molecule has 12 heteroatoms. The minimum absolute atomic E-state index is 0.0833. The first-order valence-corrected chi connectivity index (χ1v) is 13.1. The zero-order chi connectivity index (χ0) is 26.5. The molecular weight excluding hydrogens is 514 g/mol. The summed E-state index contributed by atoms with van der Waals surface area (Å²) >= 11 is 2.23. The molecule has 0 bridgehead atoms. The number of aromatic nitrogens is 2. The number of carboxylic acids is 1. The summed E-state index contributed by atoms with van der Waals surface area (Å²) in [4.78, 5) is 51.0. The van der Waals surface area contributed by atoms with Crippen molar-refractivity contribution < 1.29 is 24.3 Å². The molecule has 4 rings (SSSR count). The van der Waals surface area contributed by atoms with Crippen molar-refractivity contribution in [2.45, 2.75) is 32.4 Å². The number of benzene rings is 1. The van der Waals surface area contributed by atoms with Crippen molar-refractivity contribution in [1.82, 2.24) is 26.1 Å². The number of rotatable bonds is 10. The zero-order valence-corrected chi connectivity index (χ0v) is 21.7. The maximum atomic E-state index is 13.1. The summed E-state index contributed by atoms with van der Waals surface area (Å²) in [5, 5.41) is 27.0. The molecule has 37 heavy (non-hydrogen) atoms. The smallest absolute Gasteiger partial charge is 0.328 e. The lowest BCUT2D eigenvalue weighted by atomic mass is 10.0. The molecule has 0 radical (unpaired) electrons. The molecule has 1 unspecified atom stereocenters. The average Bonchev–Trinajstić information content (AvgIpc) is 3.64. The lowest BCUT2D eigenvalue weighted by molar-refractivity contribution is -0.139. The number of nitrogens with zero attached hydrogens (tertiary/aromatic N) is 1. The molecule has 0 aliphatic heterocycles. The van der Waals surface area contributed by atoms with Gasteiger partial charge in [0.05, 0.1) is 26.3 Å². The van der Waals surface area contributed by atoms with Gasteiger partial charge in [-0.2, -0.15) is 5.10 Å². The highest BCUT2D eigenvalue weighted by Gasteiger charge is 2.26. The number of carbonyl (C=O) groups excluding carboxylic acids is 3. The molecule has 4 aromatic rings. The van der Waals surface area contributed by atoms with Crippen molar-refractivity contribution in [2.75, 3.05) is 6.54 Å². The van der Waals surface area contributed by atoms with Crippen LogP contribution >= 0.6 is 22.7 Å². The van der Waals surface area contributed by atoms with Crippen molar-refractivity contribution in [1.29, 1.82) is 0 Å². The molecule has 3 amide bonds. The van der Waals surface area contributed by atoms with Crippen LogP contribution in [-0.4, -0.2) is 51.6 Å². The standard InChI is InChI=1S/C25H25N5O5S2/c1-13(2)15-9-20(23(32)26-10-14-5-3-6-17-16(14)11-28-30-17)37-21(15)24(33)29-18(25(34)35)12-27-22(31)19-7-4-8-36-19/h3-9,11,13,18H,10,12H2,1-2H3,(H,26,32)(H,27,31)(H,28,30)(H,29,33)(H,34,35). The first kappa shape index (κ1) is 26.0. The molecule has 0 aliphatic rings. The molecule has 0 fully saturated rings. The molecule has 0 spiro atoms. The summed E-state index contributed by atoms with van der Waals surface area (Å²) in [6.45, 7) is 3.76. The number of aromatic amines is 1. The van der Waals surface area contributed by atoms with Gasteiger partial charge in [0.25, 0.3) is 17.7 Å². The number of aliphatic carboxylic acids is 1. The maximum Gasteiger partial charge on any atom is 0.328 e. The number of nitrogens with one attached hydrogen (secondary N) is 4. The van der Waals surface area contributed by atoms with Crippen LogP contribution in [0.15, 0.2) is 48.0 Å². The van der Waals surface area contributed by atoms with Crippen LogP contribution in [0, 0.1) is 0 Å². The van der Waals surface area contributed by atoms with E-state index in [1.54, 1.807) is 29.8 Å². The number of H-pyrrole nitrogens is 1. The molecular formula is C25H25N5O5S2. The van der Waals surface area contributed by atoms with Gasteiger partial charge in [-0.1, -0.05) is 32.0 Å². The van der Waals surface area contributed by atoms with Gasteiger partial charge in [0.2, 0.25) is 0 Å². The van der Waals surface area contributed by atoms with E-state index in [-0.39, 0.29) is 29.8 Å². The topological polar surface area (TPSA) is 153 Å². The Kier molecular flexibility index (Phi) is 7.99. The van der Waals surface area contributed by atoms with Crippen molar-refractivity contribution in [3.8, 4) is 0 Å². The fourth-order valence-corrected chi connectivity index (χ4v) is 5.46. The molecule has 10 nitrogen and oxygen atoms in total. The summed E-state index contributed by atoms with van der Waals surface area (Å²) in [5.74, 6) is -2.74. The summed E-state index contributed by atoms with van der Waals surface area (Å²) in [6, 6.07) is 9.31. The lowest BCUT2D eigenvalue weighted by Crippen LogP contribution is -2.48. The van der Waals surface area contributed by atoms with Crippen LogP contribution in [0.4, 0.5) is 0 Å². The molecule has 1 atom stereocenters. The highest BCUT2D eigenvalue weighted by Crippen LogP contribution is 2.29. The van der Waals surface area contributed by atoms with Crippen molar-refractivity contribution >= 4 is 57.3 Å². The van der Waals surface area contributed by atoms with E-state index in [2.05, 4.69) is 26.1 Å². The van der Waals surface area contributed by atoms with E-state index in [0.29, 0.717) is 15.3 Å². The molecule has 3 aromatic heterocycles. The Balaban J connectivity index is 1.45. The van der Waals surface area contributed by atoms with Crippen LogP contribution in [0.3, 0.4) is 0 Å². The van der Waals surface area contributed by atoms with Crippen molar-refractivity contribution in [3.63, 3.8) is 0 Å². The highest BCUT2D eigenvalue weighted by atomic mass is 32.1. The summed E-state index contributed by atoms with van der Waals surface area (Å²) in [6.07, 6.45) is 1.70. The minimum Gasteiger partial charge on any atom is -0.480 e. The van der Waals surface area contributed by atoms with Gasteiger partial charge < -0.3 is 21.1 Å². The number of amides is 3. The van der Waals surface area contributed by atoms with Crippen LogP contribution in [0.2, 0.25) is 0 Å². The second-order valence-electron chi connectivity index (χ2n) is 8.53. The molecule has 0 saturated heterocycles. The summed E-state index contributed by atoms with van der Waals surface area (Å²) in [5.41, 5.74) is 2.40. The van der Waals surface area contributed by atoms with Gasteiger partial charge in [0.15, 0.2) is 0 Å². The normalized spacial score (nSPS) is 11.9. The van der Waals surface area contributed by atoms with E-state index in [1.807, 2.05) is 32.0 Å². The molecule has 0 saturated carbocycles. The number of carbonyl (C=O) groups is 4. The Morgan fingerprint density at radius 1 is 1.03 bits per heavy atom. The fourth-order valence-electron chi connectivity index (χ4n) is 3.68. The van der Waals surface area contributed by atoms with E-state index in [4.69, 9.17) is 0 Å². The number of fused-ring (bicyclic) bond motifs is 1. The zero-order valence-electron chi connectivity index (χ0n) is 20.0. The third-order valence-corrected chi connectivity index (χ3v) is 7.66. The Morgan fingerprint density at radius 3 is 2.51 bits per heavy atom. The first-order valence-electron chi connectivity index (χ1n) is 11.4. The largest absolute Gasteiger partial charge is 0.480 e. The van der Waals surface area contributed by atoms with Gasteiger partial charge in [-0.15, -0.1) is 22.7 Å². The number of hydrogen-bond acceptors (Lipinski definition) is 7. The number of thiophene rings is 2. The van der Waals surface area contributed by atoms with Crippen molar-refractivity contribution in [3.05, 3.63) is 73.7 Å². The van der Waals surface area contributed by atoms with Crippen LogP contribution < -0.4 is 16.0 Å². The van der Waals surface area contributed by atoms with Gasteiger partial charge in [0.1, 0.15) is 6.04 Å². The van der Waals surface area contributed by atoms with Crippen molar-refractivity contribution in [2.24, 2.45) is 0 Å². The van der Waals surface area contributed by atoms with Gasteiger partial charge in [0, 0.05) is 18.5 Å². The van der Waals surface area contributed by atoms with Crippen LogP contribution in [0.5, 0.6) is 0 Å². The Morgan fingerprint density at radius 2 is 1.81 bits per heavy atom. The van der Waals surface area contributed by atoms with Crippen LogP contribution in [-0.2, 0) is 11.3 Å². The molecule has 192 valence electrons. The van der Waals surface area contributed by atoms with E-state index in [1.165, 1.54) is 11.3 Å². The number of carboxylic acid groups (broad SMARTS) is 1. The third kappa shape index (κ3) is 6.04. The quantitative estimate of drug-likeness (QED) is 0.208. The van der Waals surface area contributed by atoms with Gasteiger partial charge in [-0.05, 0) is 40.6 Å². The first-order chi connectivity index (χ1) is 17.7. The maximum absolute atomic E-state index is 13.1. The number of hydrogen-bond donors (Lipinski definition) is 5. The van der Waals surface area contributed by atoms with Gasteiger partial charge in [-0.3, -0.25) is 19.5 Å². The van der Waals surface area contributed by atoms with Crippen LogP contribution in [0.25, 0.3) is 10.9 Å². The highest BCUT2D eigenvalue weighted by molar-refractivity contribution is 7.16. The third-order valence-electron chi connectivity index (χ3n) is 5.64. The van der Waals surface area contributed by atoms with Crippen LogP contribution in [0.1, 0.15) is 59.9 Å². The van der Waals surface area contributed by atoms with Gasteiger partial charge >= 0.3 is 5.97 Å². The Hall–Kier alpha value is -4.03. The minimum atomic E-state index is -1.34. The van der Waals surface area contributed by atoms with E-state index >= 15 is 0 Å². The monoisotopic (exact) mass is 539 g/mol. The lowest BCUT2D eigenvalue weighted by Gasteiger charge is -2.15. The predicted octanol–water partition coefficient (Wildman–Crippen LogP) is 3.35.